The molecule has 0 atom stereocenters. The number of aliphatic carboxylic acids is 1. The predicted molar refractivity (Wildman–Crippen MR) is 54.6 cm³/mol. The van der Waals surface area contributed by atoms with Crippen molar-refractivity contribution in [2.75, 3.05) is 6.61 Å². The zero-order chi connectivity index (χ0) is 13.8. The predicted octanol–water partition coefficient (Wildman–Crippen LogP) is 2.86. The number of ether oxygens (including phenoxy) is 1. The number of hydrogen-bond donors (Lipinski definition) is 1. The summed E-state index contributed by atoms with van der Waals surface area (Å²) in [7, 11) is 0. The molecule has 0 heterocycles. The minimum atomic E-state index is -4.55. The molecule has 1 aromatic rings. The van der Waals surface area contributed by atoms with E-state index in [2.05, 4.69) is 4.74 Å². The number of carboxylic acid groups (broad SMARTS) is 1. The van der Waals surface area contributed by atoms with Crippen LogP contribution in [0.1, 0.15) is 5.56 Å². The lowest BCUT2D eigenvalue weighted by atomic mass is 10.2. The van der Waals surface area contributed by atoms with E-state index in [1.165, 1.54) is 6.07 Å². The molecule has 0 bridgehead atoms. The van der Waals surface area contributed by atoms with Crippen LogP contribution in [-0.4, -0.2) is 23.9 Å². The lowest BCUT2D eigenvalue weighted by molar-refractivity contribution is -0.153. The highest BCUT2D eigenvalue weighted by Crippen LogP contribution is 2.22. The van der Waals surface area contributed by atoms with Crippen molar-refractivity contribution in [1.29, 1.82) is 0 Å². The Balaban J connectivity index is 2.77. The molecule has 0 saturated heterocycles. The van der Waals surface area contributed by atoms with E-state index >= 15 is 0 Å². The summed E-state index contributed by atoms with van der Waals surface area (Å²) in [5.41, 5.74) is 0.203. The van der Waals surface area contributed by atoms with Crippen molar-refractivity contribution in [3.8, 4) is 5.75 Å². The van der Waals surface area contributed by atoms with Gasteiger partial charge in [-0.1, -0.05) is 6.07 Å². The quantitative estimate of drug-likeness (QED) is 0.672. The number of carboxylic acids is 1. The molecule has 0 saturated carbocycles. The molecular weight excluding hydrogens is 256 g/mol. The molecule has 0 aliphatic rings. The number of alkyl halides is 3. The second-order valence-corrected chi connectivity index (χ2v) is 3.27. The van der Waals surface area contributed by atoms with Crippen LogP contribution < -0.4 is 4.74 Å². The zero-order valence-electron chi connectivity index (χ0n) is 8.87. The normalized spacial score (nSPS) is 11.8. The van der Waals surface area contributed by atoms with E-state index < -0.39 is 30.3 Å². The summed E-state index contributed by atoms with van der Waals surface area (Å²) in [4.78, 5) is 10.2. The molecule has 7 heteroatoms. The average Bonchev–Trinajstić information content (AvgIpc) is 2.23. The van der Waals surface area contributed by atoms with Gasteiger partial charge >= 0.3 is 12.1 Å². The van der Waals surface area contributed by atoms with Gasteiger partial charge in [0.15, 0.2) is 18.2 Å². The summed E-state index contributed by atoms with van der Waals surface area (Å²) in [5.74, 6) is -2.75. The third-order valence-corrected chi connectivity index (χ3v) is 1.77. The van der Waals surface area contributed by atoms with Gasteiger partial charge in [0.05, 0.1) is 0 Å². The molecule has 0 fully saturated rings. The van der Waals surface area contributed by atoms with Gasteiger partial charge in [-0.3, -0.25) is 0 Å². The van der Waals surface area contributed by atoms with Gasteiger partial charge in [0.25, 0.3) is 0 Å². The Morgan fingerprint density at radius 2 is 2.06 bits per heavy atom. The van der Waals surface area contributed by atoms with Crippen molar-refractivity contribution < 1.29 is 32.2 Å². The SMILES string of the molecule is O=C(O)/C=C/c1ccc(OCC(F)(F)F)c(F)c1. The third-order valence-electron chi connectivity index (χ3n) is 1.77. The van der Waals surface area contributed by atoms with Crippen molar-refractivity contribution in [2.45, 2.75) is 6.18 Å². The Morgan fingerprint density at radius 1 is 1.39 bits per heavy atom. The van der Waals surface area contributed by atoms with Crippen LogP contribution in [0, 0.1) is 5.82 Å². The first-order chi connectivity index (χ1) is 8.28. The van der Waals surface area contributed by atoms with Crippen LogP contribution in [0.15, 0.2) is 24.3 Å². The van der Waals surface area contributed by atoms with Crippen LogP contribution in [0.2, 0.25) is 0 Å². The molecule has 1 aromatic carbocycles. The lowest BCUT2D eigenvalue weighted by Gasteiger charge is -2.09. The molecule has 3 nitrogen and oxygen atoms in total. The van der Waals surface area contributed by atoms with Crippen LogP contribution >= 0.6 is 0 Å². The second-order valence-electron chi connectivity index (χ2n) is 3.27. The van der Waals surface area contributed by atoms with Gasteiger partial charge in [0.1, 0.15) is 0 Å². The first-order valence-electron chi connectivity index (χ1n) is 4.68. The molecule has 0 aliphatic carbocycles. The van der Waals surface area contributed by atoms with Gasteiger partial charge in [0.2, 0.25) is 0 Å². The van der Waals surface area contributed by atoms with Gasteiger partial charge in [-0.05, 0) is 23.8 Å². The number of rotatable bonds is 4. The van der Waals surface area contributed by atoms with Crippen molar-refractivity contribution in [2.24, 2.45) is 0 Å². The summed E-state index contributed by atoms with van der Waals surface area (Å²) >= 11 is 0. The maximum Gasteiger partial charge on any atom is 0.422 e. The minimum absolute atomic E-state index is 0.203. The fourth-order valence-electron chi connectivity index (χ4n) is 1.06. The van der Waals surface area contributed by atoms with Gasteiger partial charge in [-0.25, -0.2) is 9.18 Å². The van der Waals surface area contributed by atoms with Crippen molar-refractivity contribution >= 4 is 12.0 Å². The van der Waals surface area contributed by atoms with Crippen LogP contribution in [0.25, 0.3) is 6.08 Å². The molecule has 0 spiro atoms. The molecule has 18 heavy (non-hydrogen) atoms. The van der Waals surface area contributed by atoms with Crippen LogP contribution in [-0.2, 0) is 4.79 Å². The van der Waals surface area contributed by atoms with Crippen LogP contribution in [0.3, 0.4) is 0 Å². The van der Waals surface area contributed by atoms with Gasteiger partial charge in [0, 0.05) is 6.08 Å². The zero-order valence-corrected chi connectivity index (χ0v) is 8.87. The highest BCUT2D eigenvalue weighted by atomic mass is 19.4. The van der Waals surface area contributed by atoms with Crippen molar-refractivity contribution in [1.82, 2.24) is 0 Å². The van der Waals surface area contributed by atoms with E-state index in [9.17, 15) is 22.4 Å². The smallest absolute Gasteiger partial charge is 0.422 e. The largest absolute Gasteiger partial charge is 0.481 e. The number of carbonyl (C=O) groups is 1. The molecule has 0 radical (unpaired) electrons. The van der Waals surface area contributed by atoms with E-state index in [0.717, 1.165) is 24.3 Å². The van der Waals surface area contributed by atoms with E-state index in [0.29, 0.717) is 0 Å². The van der Waals surface area contributed by atoms with Gasteiger partial charge in [-0.15, -0.1) is 0 Å². The molecule has 0 amide bonds. The lowest BCUT2D eigenvalue weighted by Crippen LogP contribution is -2.19. The Kier molecular flexibility index (Phi) is 4.30. The molecule has 0 aliphatic heterocycles. The highest BCUT2D eigenvalue weighted by Gasteiger charge is 2.28. The molecular formula is C11H8F4O3. The molecule has 0 unspecified atom stereocenters. The maximum absolute atomic E-state index is 13.3. The monoisotopic (exact) mass is 264 g/mol. The van der Waals surface area contributed by atoms with Crippen LogP contribution in [0.5, 0.6) is 5.75 Å². The van der Waals surface area contributed by atoms with E-state index in [4.69, 9.17) is 5.11 Å². The molecule has 0 aromatic heterocycles. The first-order valence-corrected chi connectivity index (χ1v) is 4.68. The Morgan fingerprint density at radius 3 is 2.56 bits per heavy atom. The second kappa shape index (κ2) is 5.52. The standard InChI is InChI=1S/C11H8F4O3/c12-8-5-7(2-4-10(16)17)1-3-9(8)18-6-11(13,14)15/h1-5H,6H2,(H,16,17)/b4-2+. The first kappa shape index (κ1) is 14.0. The summed E-state index contributed by atoms with van der Waals surface area (Å²) in [6.45, 7) is -1.59. The minimum Gasteiger partial charge on any atom is -0.481 e. The average molecular weight is 264 g/mol. The number of hydrogen-bond acceptors (Lipinski definition) is 2. The summed E-state index contributed by atoms with van der Waals surface area (Å²) in [6, 6.07) is 3.13. The summed E-state index contributed by atoms with van der Waals surface area (Å²) in [6.07, 6.45) is -2.65. The maximum atomic E-state index is 13.3. The topological polar surface area (TPSA) is 46.5 Å². The Bertz CT molecular complexity index is 466. The van der Waals surface area contributed by atoms with Crippen molar-refractivity contribution in [3.05, 3.63) is 35.7 Å². The third kappa shape index (κ3) is 4.86. The number of benzene rings is 1. The fraction of sp³-hybridized carbons (Fsp3) is 0.182. The van der Waals surface area contributed by atoms with Gasteiger partial charge < -0.3 is 9.84 Å². The molecule has 1 rings (SSSR count). The fourth-order valence-corrected chi connectivity index (χ4v) is 1.06. The summed E-state index contributed by atoms with van der Waals surface area (Å²) < 4.78 is 53.0. The van der Waals surface area contributed by atoms with Crippen molar-refractivity contribution in [3.63, 3.8) is 0 Å². The van der Waals surface area contributed by atoms with E-state index in [1.54, 1.807) is 0 Å². The van der Waals surface area contributed by atoms with Crippen LogP contribution in [0.4, 0.5) is 17.6 Å². The number of halogens is 4. The Hall–Kier alpha value is -2.05. The Labute approximate surface area is 99.3 Å². The highest BCUT2D eigenvalue weighted by molar-refractivity contribution is 5.85. The summed E-state index contributed by atoms with van der Waals surface area (Å²) in [5, 5.41) is 8.34. The van der Waals surface area contributed by atoms with E-state index in [-0.39, 0.29) is 5.56 Å². The van der Waals surface area contributed by atoms with E-state index in [1.807, 2.05) is 0 Å². The molecule has 98 valence electrons. The molecule has 1 N–H and O–H groups in total. The van der Waals surface area contributed by atoms with Gasteiger partial charge in [-0.2, -0.15) is 13.2 Å².